The number of hydrogen-bond donors (Lipinski definition) is 1. The molecule has 3 rings (SSSR count). The van der Waals surface area contributed by atoms with Crippen molar-refractivity contribution in [1.82, 2.24) is 9.62 Å². The summed E-state index contributed by atoms with van der Waals surface area (Å²) in [7, 11) is -3.61. The van der Waals surface area contributed by atoms with Gasteiger partial charge in [0.2, 0.25) is 10.0 Å². The van der Waals surface area contributed by atoms with E-state index in [1.165, 1.54) is 16.8 Å². The zero-order chi connectivity index (χ0) is 18.7. The van der Waals surface area contributed by atoms with Crippen molar-refractivity contribution in [2.45, 2.75) is 50.5 Å². The number of rotatable bonds is 4. The lowest BCUT2D eigenvalue weighted by molar-refractivity contribution is 0.0730. The molecule has 0 radical (unpaired) electrons. The molecule has 7 heteroatoms. The fourth-order valence-corrected chi connectivity index (χ4v) is 5.15. The molecule has 0 aromatic heterocycles. The van der Waals surface area contributed by atoms with Crippen LogP contribution in [-0.2, 0) is 14.8 Å². The van der Waals surface area contributed by atoms with E-state index in [0.29, 0.717) is 37.8 Å². The van der Waals surface area contributed by atoms with Crippen molar-refractivity contribution >= 4 is 15.9 Å². The van der Waals surface area contributed by atoms with Crippen LogP contribution in [0, 0.1) is 12.8 Å². The monoisotopic (exact) mass is 380 g/mol. The summed E-state index contributed by atoms with van der Waals surface area (Å²) < 4.78 is 32.4. The first-order valence-electron chi connectivity index (χ1n) is 9.39. The van der Waals surface area contributed by atoms with E-state index in [-0.39, 0.29) is 16.8 Å². The van der Waals surface area contributed by atoms with Gasteiger partial charge in [-0.1, -0.05) is 25.8 Å². The van der Waals surface area contributed by atoms with Crippen LogP contribution in [0.25, 0.3) is 0 Å². The minimum Gasteiger partial charge on any atom is -0.379 e. The topological polar surface area (TPSA) is 75.7 Å². The summed E-state index contributed by atoms with van der Waals surface area (Å²) in [6, 6.07) is 4.98. The Kier molecular flexibility index (Phi) is 5.99. The van der Waals surface area contributed by atoms with Crippen molar-refractivity contribution in [2.75, 3.05) is 26.3 Å². The van der Waals surface area contributed by atoms with Gasteiger partial charge in [0.25, 0.3) is 5.91 Å². The Morgan fingerprint density at radius 2 is 1.88 bits per heavy atom. The number of amides is 1. The summed E-state index contributed by atoms with van der Waals surface area (Å²) in [5, 5.41) is 3.12. The third-order valence-corrected chi connectivity index (χ3v) is 7.38. The van der Waals surface area contributed by atoms with Crippen LogP contribution in [0.4, 0.5) is 0 Å². The molecule has 1 aliphatic heterocycles. The van der Waals surface area contributed by atoms with Crippen LogP contribution < -0.4 is 5.32 Å². The second-order valence-corrected chi connectivity index (χ2v) is 9.27. The highest BCUT2D eigenvalue weighted by atomic mass is 32.2. The van der Waals surface area contributed by atoms with Crippen molar-refractivity contribution in [3.05, 3.63) is 29.3 Å². The number of ether oxygens (including phenoxy) is 1. The maximum atomic E-state index is 12.9. The number of benzene rings is 1. The lowest BCUT2D eigenvalue weighted by Gasteiger charge is -2.30. The molecule has 6 nitrogen and oxygen atoms in total. The molecule has 144 valence electrons. The van der Waals surface area contributed by atoms with Crippen LogP contribution in [-0.4, -0.2) is 51.0 Å². The smallest absolute Gasteiger partial charge is 0.251 e. The normalized spacial score (nSPS) is 25.0. The molecule has 0 unspecified atom stereocenters. The van der Waals surface area contributed by atoms with E-state index in [1.54, 1.807) is 12.1 Å². The van der Waals surface area contributed by atoms with Crippen molar-refractivity contribution in [3.63, 3.8) is 0 Å². The van der Waals surface area contributed by atoms with E-state index < -0.39 is 10.0 Å². The molecule has 26 heavy (non-hydrogen) atoms. The third kappa shape index (κ3) is 4.10. The molecule has 1 amide bonds. The zero-order valence-corrected chi connectivity index (χ0v) is 16.3. The van der Waals surface area contributed by atoms with Gasteiger partial charge in [-0.3, -0.25) is 4.79 Å². The van der Waals surface area contributed by atoms with E-state index in [9.17, 15) is 13.2 Å². The highest BCUT2D eigenvalue weighted by Gasteiger charge is 2.28. The van der Waals surface area contributed by atoms with Gasteiger partial charge in [-0.2, -0.15) is 4.31 Å². The van der Waals surface area contributed by atoms with Gasteiger partial charge < -0.3 is 10.1 Å². The average molecular weight is 381 g/mol. The first kappa shape index (κ1) is 19.3. The van der Waals surface area contributed by atoms with Gasteiger partial charge in [0.1, 0.15) is 0 Å². The number of aryl methyl sites for hydroxylation is 1. The molecule has 1 aromatic rings. The van der Waals surface area contributed by atoms with Crippen molar-refractivity contribution in [1.29, 1.82) is 0 Å². The Balaban J connectivity index is 1.81. The Morgan fingerprint density at radius 1 is 1.19 bits per heavy atom. The van der Waals surface area contributed by atoms with Gasteiger partial charge in [-0.25, -0.2) is 8.42 Å². The molecule has 2 atom stereocenters. The first-order chi connectivity index (χ1) is 12.4. The molecule has 0 spiro atoms. The van der Waals surface area contributed by atoms with Crippen LogP contribution in [0.3, 0.4) is 0 Å². The summed E-state index contributed by atoms with van der Waals surface area (Å²) in [6.07, 6.45) is 4.44. The molecule has 1 aliphatic carbocycles. The molecule has 1 heterocycles. The summed E-state index contributed by atoms with van der Waals surface area (Å²) in [5.74, 6) is 0.272. The molecule has 2 fully saturated rings. The SMILES string of the molecule is Cc1ccc(S(=O)(=O)N2CCOCC2)cc1C(=O)N[C@H]1CCCC[C@H]1C. The summed E-state index contributed by atoms with van der Waals surface area (Å²) in [5.41, 5.74) is 1.23. The van der Waals surface area contributed by atoms with Crippen LogP contribution in [0.1, 0.15) is 48.5 Å². The van der Waals surface area contributed by atoms with Gasteiger partial charge in [0, 0.05) is 24.7 Å². The van der Waals surface area contributed by atoms with Crippen LogP contribution in [0.15, 0.2) is 23.1 Å². The van der Waals surface area contributed by atoms with Crippen LogP contribution in [0.2, 0.25) is 0 Å². The van der Waals surface area contributed by atoms with Gasteiger partial charge in [0.15, 0.2) is 0 Å². The van der Waals surface area contributed by atoms with Crippen molar-refractivity contribution < 1.29 is 17.9 Å². The predicted molar refractivity (Wildman–Crippen MR) is 99.6 cm³/mol. The van der Waals surface area contributed by atoms with Crippen molar-refractivity contribution in [2.24, 2.45) is 5.92 Å². The fraction of sp³-hybridized carbons (Fsp3) is 0.632. The minimum absolute atomic E-state index is 0.162. The van der Waals surface area contributed by atoms with Crippen LogP contribution >= 0.6 is 0 Å². The van der Waals surface area contributed by atoms with E-state index in [1.807, 2.05) is 6.92 Å². The quantitative estimate of drug-likeness (QED) is 0.870. The number of sulfonamides is 1. The molecule has 2 aliphatic rings. The molecule has 1 saturated carbocycles. The number of morpholine rings is 1. The maximum Gasteiger partial charge on any atom is 0.251 e. The van der Waals surface area contributed by atoms with E-state index >= 15 is 0 Å². The number of hydrogen-bond acceptors (Lipinski definition) is 4. The van der Waals surface area contributed by atoms with E-state index in [4.69, 9.17) is 4.74 Å². The Hall–Kier alpha value is -1.44. The second kappa shape index (κ2) is 8.06. The number of nitrogens with zero attached hydrogens (tertiary/aromatic N) is 1. The highest BCUT2D eigenvalue weighted by Crippen LogP contribution is 2.25. The molecule has 1 aromatic carbocycles. The summed E-state index contributed by atoms with van der Waals surface area (Å²) >= 11 is 0. The van der Waals surface area contributed by atoms with Gasteiger partial charge in [-0.15, -0.1) is 0 Å². The minimum atomic E-state index is -3.61. The zero-order valence-electron chi connectivity index (χ0n) is 15.5. The Labute approximate surface area is 156 Å². The van der Waals surface area contributed by atoms with Crippen LogP contribution in [0.5, 0.6) is 0 Å². The summed E-state index contributed by atoms with van der Waals surface area (Å²) in [4.78, 5) is 13.0. The molecular formula is C19H28N2O4S. The van der Waals surface area contributed by atoms with E-state index in [0.717, 1.165) is 24.8 Å². The van der Waals surface area contributed by atoms with Gasteiger partial charge in [-0.05, 0) is 43.4 Å². The van der Waals surface area contributed by atoms with E-state index in [2.05, 4.69) is 12.2 Å². The van der Waals surface area contributed by atoms with Crippen molar-refractivity contribution in [3.8, 4) is 0 Å². The third-order valence-electron chi connectivity index (χ3n) is 5.49. The molecular weight excluding hydrogens is 352 g/mol. The fourth-order valence-electron chi connectivity index (χ4n) is 3.72. The number of carbonyl (C=O) groups is 1. The predicted octanol–water partition coefficient (Wildman–Crippen LogP) is 2.32. The Morgan fingerprint density at radius 3 is 2.58 bits per heavy atom. The van der Waals surface area contributed by atoms with Gasteiger partial charge >= 0.3 is 0 Å². The highest BCUT2D eigenvalue weighted by molar-refractivity contribution is 7.89. The second-order valence-electron chi connectivity index (χ2n) is 7.33. The lowest BCUT2D eigenvalue weighted by Crippen LogP contribution is -2.42. The lowest BCUT2D eigenvalue weighted by atomic mass is 9.86. The largest absolute Gasteiger partial charge is 0.379 e. The number of carbonyl (C=O) groups excluding carboxylic acids is 1. The van der Waals surface area contributed by atoms with Gasteiger partial charge in [0.05, 0.1) is 18.1 Å². The maximum absolute atomic E-state index is 12.9. The molecule has 0 bridgehead atoms. The molecule has 1 N–H and O–H groups in total. The first-order valence-corrected chi connectivity index (χ1v) is 10.8. The number of nitrogens with one attached hydrogen (secondary N) is 1. The average Bonchev–Trinajstić information content (AvgIpc) is 2.64. The standard InChI is InChI=1S/C19H28N2O4S/c1-14-7-8-16(26(23,24)21-9-11-25-12-10-21)13-17(14)19(22)20-18-6-4-3-5-15(18)2/h7-8,13,15,18H,3-6,9-12H2,1-2H3,(H,20,22)/t15-,18+/m1/s1. The molecule has 1 saturated heterocycles. The summed E-state index contributed by atoms with van der Waals surface area (Å²) in [6.45, 7) is 5.49. The Bertz CT molecular complexity index is 757.